The highest BCUT2D eigenvalue weighted by Gasteiger charge is 2.13. The SMILES string of the molecule is COc1cccc(CC(N)Cc2ccc3c(c2)OCCO3)c1. The van der Waals surface area contributed by atoms with Gasteiger partial charge in [0.25, 0.3) is 0 Å². The van der Waals surface area contributed by atoms with E-state index >= 15 is 0 Å². The molecule has 2 aromatic rings. The maximum absolute atomic E-state index is 6.29. The molecule has 4 heteroatoms. The number of nitrogens with two attached hydrogens (primary N) is 1. The lowest BCUT2D eigenvalue weighted by Gasteiger charge is -2.19. The summed E-state index contributed by atoms with van der Waals surface area (Å²) in [6, 6.07) is 14.1. The van der Waals surface area contributed by atoms with Gasteiger partial charge in [0.1, 0.15) is 19.0 Å². The first-order chi connectivity index (χ1) is 10.7. The molecule has 22 heavy (non-hydrogen) atoms. The molecule has 0 saturated heterocycles. The Bertz CT molecular complexity index is 642. The molecule has 4 nitrogen and oxygen atoms in total. The van der Waals surface area contributed by atoms with Crippen molar-refractivity contribution in [3.8, 4) is 17.2 Å². The Balaban J connectivity index is 1.64. The Morgan fingerprint density at radius 3 is 2.50 bits per heavy atom. The summed E-state index contributed by atoms with van der Waals surface area (Å²) in [4.78, 5) is 0. The van der Waals surface area contributed by atoms with Crippen LogP contribution in [0.25, 0.3) is 0 Å². The Hall–Kier alpha value is -2.20. The second kappa shape index (κ2) is 6.71. The average Bonchev–Trinajstić information content (AvgIpc) is 2.55. The molecule has 2 aromatic carbocycles. The molecule has 116 valence electrons. The highest BCUT2D eigenvalue weighted by Crippen LogP contribution is 2.31. The zero-order valence-corrected chi connectivity index (χ0v) is 12.7. The molecule has 1 atom stereocenters. The lowest BCUT2D eigenvalue weighted by Crippen LogP contribution is -2.25. The molecular weight excluding hydrogens is 278 g/mol. The van der Waals surface area contributed by atoms with Crippen LogP contribution in [0.3, 0.4) is 0 Å². The van der Waals surface area contributed by atoms with Crippen molar-refractivity contribution in [2.45, 2.75) is 18.9 Å². The second-order valence-corrected chi connectivity index (χ2v) is 5.50. The van der Waals surface area contributed by atoms with E-state index in [-0.39, 0.29) is 6.04 Å². The molecule has 2 N–H and O–H groups in total. The lowest BCUT2D eigenvalue weighted by molar-refractivity contribution is 0.171. The van der Waals surface area contributed by atoms with E-state index in [1.165, 1.54) is 11.1 Å². The van der Waals surface area contributed by atoms with Crippen molar-refractivity contribution in [3.05, 3.63) is 53.6 Å². The van der Waals surface area contributed by atoms with Crippen LogP contribution in [0.5, 0.6) is 17.2 Å². The van der Waals surface area contributed by atoms with Gasteiger partial charge >= 0.3 is 0 Å². The summed E-state index contributed by atoms with van der Waals surface area (Å²) in [5, 5.41) is 0. The monoisotopic (exact) mass is 299 g/mol. The Kier molecular flexibility index (Phi) is 4.49. The van der Waals surface area contributed by atoms with Crippen molar-refractivity contribution in [2.75, 3.05) is 20.3 Å². The van der Waals surface area contributed by atoms with E-state index in [1.54, 1.807) is 7.11 Å². The summed E-state index contributed by atoms with van der Waals surface area (Å²) in [7, 11) is 1.67. The largest absolute Gasteiger partial charge is 0.497 e. The van der Waals surface area contributed by atoms with E-state index < -0.39 is 0 Å². The van der Waals surface area contributed by atoms with Gasteiger partial charge in [-0.25, -0.2) is 0 Å². The van der Waals surface area contributed by atoms with Gasteiger partial charge in [-0.2, -0.15) is 0 Å². The van der Waals surface area contributed by atoms with Gasteiger partial charge in [0.15, 0.2) is 11.5 Å². The van der Waals surface area contributed by atoms with Crippen LogP contribution in [0.1, 0.15) is 11.1 Å². The second-order valence-electron chi connectivity index (χ2n) is 5.50. The van der Waals surface area contributed by atoms with Gasteiger partial charge in [-0.3, -0.25) is 0 Å². The van der Waals surface area contributed by atoms with Crippen molar-refractivity contribution < 1.29 is 14.2 Å². The van der Waals surface area contributed by atoms with Crippen LogP contribution in [0.4, 0.5) is 0 Å². The third-order valence-electron chi connectivity index (χ3n) is 3.74. The Labute approximate surface area is 130 Å². The minimum atomic E-state index is 0.0506. The fraction of sp³-hybridized carbons (Fsp3) is 0.333. The molecule has 0 radical (unpaired) electrons. The van der Waals surface area contributed by atoms with Gasteiger partial charge in [-0.15, -0.1) is 0 Å². The number of fused-ring (bicyclic) bond motifs is 1. The van der Waals surface area contributed by atoms with Gasteiger partial charge in [0, 0.05) is 6.04 Å². The topological polar surface area (TPSA) is 53.7 Å². The van der Waals surface area contributed by atoms with E-state index in [2.05, 4.69) is 12.1 Å². The van der Waals surface area contributed by atoms with E-state index in [1.807, 2.05) is 30.3 Å². The number of benzene rings is 2. The van der Waals surface area contributed by atoms with E-state index in [0.29, 0.717) is 13.2 Å². The summed E-state index contributed by atoms with van der Waals surface area (Å²) in [5.74, 6) is 2.50. The van der Waals surface area contributed by atoms with Crippen molar-refractivity contribution in [1.29, 1.82) is 0 Å². The van der Waals surface area contributed by atoms with Crippen LogP contribution in [-0.2, 0) is 12.8 Å². The molecule has 3 rings (SSSR count). The normalized spacial score (nSPS) is 14.5. The average molecular weight is 299 g/mol. The molecule has 1 unspecified atom stereocenters. The predicted molar refractivity (Wildman–Crippen MR) is 85.8 cm³/mol. The van der Waals surface area contributed by atoms with Crippen molar-refractivity contribution in [3.63, 3.8) is 0 Å². The Morgan fingerprint density at radius 1 is 1.00 bits per heavy atom. The smallest absolute Gasteiger partial charge is 0.161 e. The van der Waals surface area contributed by atoms with Crippen molar-refractivity contribution in [2.24, 2.45) is 5.73 Å². The maximum atomic E-state index is 6.29. The first-order valence-electron chi connectivity index (χ1n) is 7.51. The molecule has 1 aliphatic rings. The number of rotatable bonds is 5. The molecule has 0 spiro atoms. The van der Waals surface area contributed by atoms with Crippen LogP contribution in [0.15, 0.2) is 42.5 Å². The first-order valence-corrected chi connectivity index (χ1v) is 7.51. The van der Waals surface area contributed by atoms with E-state index in [0.717, 1.165) is 30.1 Å². The standard InChI is InChI=1S/C18H21NO3/c1-20-16-4-2-3-13(11-16)9-15(19)10-14-5-6-17-18(12-14)22-8-7-21-17/h2-6,11-12,15H,7-10,19H2,1H3. The van der Waals surface area contributed by atoms with Gasteiger partial charge < -0.3 is 19.9 Å². The molecule has 0 aromatic heterocycles. The number of hydrogen-bond donors (Lipinski definition) is 1. The van der Waals surface area contributed by atoms with Gasteiger partial charge in [0.05, 0.1) is 7.11 Å². The first kappa shape index (κ1) is 14.7. The zero-order valence-electron chi connectivity index (χ0n) is 12.7. The third kappa shape index (κ3) is 3.52. The van der Waals surface area contributed by atoms with E-state index in [4.69, 9.17) is 19.9 Å². The van der Waals surface area contributed by atoms with E-state index in [9.17, 15) is 0 Å². The quantitative estimate of drug-likeness (QED) is 0.922. The third-order valence-corrected chi connectivity index (χ3v) is 3.74. The lowest BCUT2D eigenvalue weighted by atomic mass is 9.99. The highest BCUT2D eigenvalue weighted by molar-refractivity contribution is 5.44. The number of ether oxygens (including phenoxy) is 3. The maximum Gasteiger partial charge on any atom is 0.161 e. The fourth-order valence-electron chi connectivity index (χ4n) is 2.69. The number of hydrogen-bond acceptors (Lipinski definition) is 4. The van der Waals surface area contributed by atoms with Crippen LogP contribution >= 0.6 is 0 Å². The molecule has 0 aliphatic carbocycles. The zero-order chi connectivity index (χ0) is 15.4. The van der Waals surface area contributed by atoms with Crippen LogP contribution in [0.2, 0.25) is 0 Å². The highest BCUT2D eigenvalue weighted by atomic mass is 16.6. The Morgan fingerprint density at radius 2 is 1.73 bits per heavy atom. The molecule has 0 bridgehead atoms. The fourth-order valence-corrected chi connectivity index (χ4v) is 2.69. The summed E-state index contributed by atoms with van der Waals surface area (Å²) in [6.07, 6.45) is 1.61. The summed E-state index contributed by atoms with van der Waals surface area (Å²) >= 11 is 0. The molecular formula is C18H21NO3. The van der Waals surface area contributed by atoms with Crippen LogP contribution in [-0.4, -0.2) is 26.4 Å². The van der Waals surface area contributed by atoms with Crippen LogP contribution in [0, 0.1) is 0 Å². The summed E-state index contributed by atoms with van der Waals surface area (Å²) < 4.78 is 16.4. The number of methoxy groups -OCH3 is 1. The molecule has 1 heterocycles. The molecule has 0 saturated carbocycles. The summed E-state index contributed by atoms with van der Waals surface area (Å²) in [6.45, 7) is 1.22. The van der Waals surface area contributed by atoms with Gasteiger partial charge in [-0.1, -0.05) is 18.2 Å². The molecule has 1 aliphatic heterocycles. The predicted octanol–water partition coefficient (Wildman–Crippen LogP) is 2.58. The minimum Gasteiger partial charge on any atom is -0.497 e. The molecule has 0 amide bonds. The molecule has 0 fully saturated rings. The van der Waals surface area contributed by atoms with Crippen molar-refractivity contribution in [1.82, 2.24) is 0 Å². The minimum absolute atomic E-state index is 0.0506. The van der Waals surface area contributed by atoms with Gasteiger partial charge in [0.2, 0.25) is 0 Å². The van der Waals surface area contributed by atoms with Gasteiger partial charge in [-0.05, 0) is 48.2 Å². The summed E-state index contributed by atoms with van der Waals surface area (Å²) in [5.41, 5.74) is 8.64. The van der Waals surface area contributed by atoms with Crippen LogP contribution < -0.4 is 19.9 Å². The van der Waals surface area contributed by atoms with Crippen molar-refractivity contribution >= 4 is 0 Å².